The summed E-state index contributed by atoms with van der Waals surface area (Å²) in [4.78, 5) is 12.4. The van der Waals surface area contributed by atoms with E-state index < -0.39 is 4.92 Å². The Morgan fingerprint density at radius 1 is 1.53 bits per heavy atom. The molecular formula is C11H15ClN2O3. The molecular weight excluding hydrogens is 244 g/mol. The third kappa shape index (κ3) is 3.96. The second-order valence-electron chi connectivity index (χ2n) is 3.62. The van der Waals surface area contributed by atoms with Gasteiger partial charge in [0, 0.05) is 29.7 Å². The molecule has 0 unspecified atom stereocenters. The molecule has 6 heteroatoms. The van der Waals surface area contributed by atoms with E-state index in [1.54, 1.807) is 12.1 Å². The number of rotatable bonds is 6. The lowest BCUT2D eigenvalue weighted by Gasteiger charge is -2.18. The summed E-state index contributed by atoms with van der Waals surface area (Å²) >= 11 is 5.73. The van der Waals surface area contributed by atoms with Gasteiger partial charge in [-0.15, -0.1) is 0 Å². The Labute approximate surface area is 105 Å². The van der Waals surface area contributed by atoms with Crippen LogP contribution in [0.15, 0.2) is 18.2 Å². The normalized spacial score (nSPS) is 10.8. The Morgan fingerprint density at radius 3 is 2.76 bits per heavy atom. The van der Waals surface area contributed by atoms with Crippen LogP contribution in [-0.2, 0) is 6.54 Å². The van der Waals surface area contributed by atoms with Crippen LogP contribution in [0.5, 0.6) is 0 Å². The van der Waals surface area contributed by atoms with Gasteiger partial charge in [-0.1, -0.05) is 18.5 Å². The fraction of sp³-hybridized carbons (Fsp3) is 0.455. The molecule has 17 heavy (non-hydrogen) atoms. The van der Waals surface area contributed by atoms with Crippen molar-refractivity contribution in [2.75, 3.05) is 19.7 Å². The van der Waals surface area contributed by atoms with E-state index in [1.807, 2.05) is 11.8 Å². The van der Waals surface area contributed by atoms with E-state index in [9.17, 15) is 10.1 Å². The molecule has 0 spiro atoms. The molecule has 94 valence electrons. The first kappa shape index (κ1) is 13.9. The SMILES string of the molecule is CCN(CCO)Cc1ccc(Cl)cc1[N+](=O)[O-]. The Kier molecular flexibility index (Phi) is 5.34. The third-order valence-corrected chi connectivity index (χ3v) is 2.74. The zero-order chi connectivity index (χ0) is 12.8. The molecule has 0 saturated carbocycles. The average molecular weight is 259 g/mol. The first-order valence-electron chi connectivity index (χ1n) is 5.34. The smallest absolute Gasteiger partial charge is 0.275 e. The zero-order valence-corrected chi connectivity index (χ0v) is 10.4. The van der Waals surface area contributed by atoms with E-state index >= 15 is 0 Å². The molecule has 0 radical (unpaired) electrons. The fourth-order valence-corrected chi connectivity index (χ4v) is 1.74. The molecule has 0 aliphatic heterocycles. The molecule has 0 amide bonds. The van der Waals surface area contributed by atoms with Crippen LogP contribution in [0.25, 0.3) is 0 Å². The Bertz CT molecular complexity index is 398. The molecule has 1 N–H and O–H groups in total. The van der Waals surface area contributed by atoms with E-state index in [-0.39, 0.29) is 12.3 Å². The number of hydrogen-bond acceptors (Lipinski definition) is 4. The van der Waals surface area contributed by atoms with E-state index in [1.165, 1.54) is 6.07 Å². The van der Waals surface area contributed by atoms with Crippen LogP contribution < -0.4 is 0 Å². The van der Waals surface area contributed by atoms with Crippen LogP contribution in [0.1, 0.15) is 12.5 Å². The lowest BCUT2D eigenvalue weighted by atomic mass is 10.1. The molecule has 0 saturated heterocycles. The van der Waals surface area contributed by atoms with Crippen molar-refractivity contribution in [2.24, 2.45) is 0 Å². The van der Waals surface area contributed by atoms with Crippen molar-refractivity contribution in [3.63, 3.8) is 0 Å². The Balaban J connectivity index is 2.92. The number of aliphatic hydroxyl groups excluding tert-OH is 1. The number of benzene rings is 1. The first-order chi connectivity index (χ1) is 8.08. The van der Waals surface area contributed by atoms with Crippen LogP contribution in [-0.4, -0.2) is 34.6 Å². The molecule has 0 atom stereocenters. The Hall–Kier alpha value is -1.17. The highest BCUT2D eigenvalue weighted by atomic mass is 35.5. The molecule has 0 aliphatic rings. The van der Waals surface area contributed by atoms with Gasteiger partial charge in [0.15, 0.2) is 0 Å². The number of nitrogens with zero attached hydrogens (tertiary/aromatic N) is 2. The largest absolute Gasteiger partial charge is 0.395 e. The molecule has 0 bridgehead atoms. The van der Waals surface area contributed by atoms with Crippen molar-refractivity contribution in [2.45, 2.75) is 13.5 Å². The summed E-state index contributed by atoms with van der Waals surface area (Å²) in [6, 6.07) is 4.64. The lowest BCUT2D eigenvalue weighted by molar-refractivity contribution is -0.385. The number of nitro benzene ring substituents is 1. The average Bonchev–Trinajstić information content (AvgIpc) is 2.30. The summed E-state index contributed by atoms with van der Waals surface area (Å²) in [6.07, 6.45) is 0. The molecule has 0 fully saturated rings. The number of hydrogen-bond donors (Lipinski definition) is 1. The second kappa shape index (κ2) is 6.54. The van der Waals surface area contributed by atoms with Crippen molar-refractivity contribution >= 4 is 17.3 Å². The summed E-state index contributed by atoms with van der Waals surface area (Å²) < 4.78 is 0. The highest BCUT2D eigenvalue weighted by molar-refractivity contribution is 6.30. The highest BCUT2D eigenvalue weighted by Crippen LogP contribution is 2.24. The van der Waals surface area contributed by atoms with E-state index in [2.05, 4.69) is 0 Å². The summed E-state index contributed by atoms with van der Waals surface area (Å²) in [5, 5.41) is 20.1. The van der Waals surface area contributed by atoms with Gasteiger partial charge in [0.05, 0.1) is 11.5 Å². The maximum Gasteiger partial charge on any atom is 0.275 e. The first-order valence-corrected chi connectivity index (χ1v) is 5.72. The van der Waals surface area contributed by atoms with E-state index in [4.69, 9.17) is 16.7 Å². The van der Waals surface area contributed by atoms with Crippen LogP contribution in [0.4, 0.5) is 5.69 Å². The number of aliphatic hydroxyl groups is 1. The second-order valence-corrected chi connectivity index (χ2v) is 4.06. The molecule has 1 aromatic carbocycles. The third-order valence-electron chi connectivity index (χ3n) is 2.50. The standard InChI is InChI=1S/C11H15ClN2O3/c1-2-13(5-6-15)8-9-3-4-10(12)7-11(9)14(16)17/h3-4,7,15H,2,5-6,8H2,1H3. The van der Waals surface area contributed by atoms with Crippen LogP contribution in [0.3, 0.4) is 0 Å². The summed E-state index contributed by atoms with van der Waals surface area (Å²) in [7, 11) is 0. The molecule has 1 rings (SSSR count). The fourth-order valence-electron chi connectivity index (χ4n) is 1.57. The lowest BCUT2D eigenvalue weighted by Crippen LogP contribution is -2.26. The minimum atomic E-state index is -0.437. The van der Waals surface area contributed by atoms with E-state index in [0.29, 0.717) is 23.7 Å². The van der Waals surface area contributed by atoms with Crippen molar-refractivity contribution in [1.82, 2.24) is 4.90 Å². The van der Waals surface area contributed by atoms with Gasteiger partial charge in [-0.05, 0) is 18.7 Å². The highest BCUT2D eigenvalue weighted by Gasteiger charge is 2.16. The molecule has 0 heterocycles. The predicted octanol–water partition coefficient (Wildman–Crippen LogP) is 2.06. The van der Waals surface area contributed by atoms with Gasteiger partial charge in [0.1, 0.15) is 0 Å². The van der Waals surface area contributed by atoms with Gasteiger partial charge in [0.2, 0.25) is 0 Å². The predicted molar refractivity (Wildman–Crippen MR) is 66.1 cm³/mol. The molecule has 5 nitrogen and oxygen atoms in total. The van der Waals surface area contributed by atoms with Crippen molar-refractivity contribution in [1.29, 1.82) is 0 Å². The van der Waals surface area contributed by atoms with Gasteiger partial charge in [0.25, 0.3) is 5.69 Å². The van der Waals surface area contributed by atoms with Gasteiger partial charge >= 0.3 is 0 Å². The van der Waals surface area contributed by atoms with Gasteiger partial charge < -0.3 is 5.11 Å². The minimum Gasteiger partial charge on any atom is -0.395 e. The van der Waals surface area contributed by atoms with Gasteiger partial charge in [-0.3, -0.25) is 15.0 Å². The summed E-state index contributed by atoms with van der Waals surface area (Å²) in [5.74, 6) is 0. The van der Waals surface area contributed by atoms with E-state index in [0.717, 1.165) is 6.54 Å². The zero-order valence-electron chi connectivity index (χ0n) is 9.60. The number of nitro groups is 1. The quantitative estimate of drug-likeness (QED) is 0.627. The monoisotopic (exact) mass is 258 g/mol. The van der Waals surface area contributed by atoms with Crippen molar-refractivity contribution < 1.29 is 10.0 Å². The maximum absolute atomic E-state index is 10.9. The maximum atomic E-state index is 10.9. The molecule has 0 aliphatic carbocycles. The van der Waals surface area contributed by atoms with Crippen molar-refractivity contribution in [3.8, 4) is 0 Å². The van der Waals surface area contributed by atoms with Crippen molar-refractivity contribution in [3.05, 3.63) is 38.9 Å². The molecule has 1 aromatic rings. The van der Waals surface area contributed by atoms with Crippen LogP contribution in [0, 0.1) is 10.1 Å². The number of likely N-dealkylation sites (N-methyl/N-ethyl adjacent to an activating group) is 1. The summed E-state index contributed by atoms with van der Waals surface area (Å²) in [6.45, 7) is 3.63. The molecule has 0 aromatic heterocycles. The summed E-state index contributed by atoms with van der Waals surface area (Å²) in [5.41, 5.74) is 0.628. The topological polar surface area (TPSA) is 66.6 Å². The number of halogens is 1. The van der Waals surface area contributed by atoms with Crippen LogP contribution >= 0.6 is 11.6 Å². The van der Waals surface area contributed by atoms with Gasteiger partial charge in [-0.25, -0.2) is 0 Å². The Morgan fingerprint density at radius 2 is 2.24 bits per heavy atom. The minimum absolute atomic E-state index is 0.0221. The van der Waals surface area contributed by atoms with Gasteiger partial charge in [-0.2, -0.15) is 0 Å². The van der Waals surface area contributed by atoms with Crippen LogP contribution in [0.2, 0.25) is 5.02 Å².